The number of hydrogen-bond donors (Lipinski definition) is 1. The molecule has 1 heterocycles. The maximum absolute atomic E-state index is 11.0. The topological polar surface area (TPSA) is 68.0 Å². The molecule has 5 heteroatoms. The smallest absolute Gasteiger partial charge is 0.303 e. The van der Waals surface area contributed by atoms with Crippen LogP contribution in [0, 0.1) is 12.3 Å². The molecule has 1 fully saturated rings. The average molecular weight is 237 g/mol. The first-order chi connectivity index (χ1) is 8.02. The second kappa shape index (κ2) is 4.47. The van der Waals surface area contributed by atoms with Gasteiger partial charge in [0, 0.05) is 13.5 Å². The Kier molecular flexibility index (Phi) is 3.17. The van der Waals surface area contributed by atoms with Gasteiger partial charge >= 0.3 is 5.97 Å². The summed E-state index contributed by atoms with van der Waals surface area (Å²) in [5.74, 6) is 1.08. The third-order valence-electron chi connectivity index (χ3n) is 3.91. The van der Waals surface area contributed by atoms with E-state index in [-0.39, 0.29) is 11.8 Å². The molecule has 0 aromatic carbocycles. The van der Waals surface area contributed by atoms with Crippen molar-refractivity contribution in [2.45, 2.75) is 45.4 Å². The van der Waals surface area contributed by atoms with E-state index < -0.39 is 5.97 Å². The molecule has 0 radical (unpaired) electrons. The number of nitrogens with zero attached hydrogens (tertiary/aromatic N) is 3. The fourth-order valence-corrected chi connectivity index (χ4v) is 2.80. The third kappa shape index (κ3) is 2.48. The van der Waals surface area contributed by atoms with E-state index in [1.54, 1.807) is 0 Å². The van der Waals surface area contributed by atoms with Crippen LogP contribution >= 0.6 is 0 Å². The molecule has 2 rings (SSSR count). The van der Waals surface area contributed by atoms with E-state index in [0.717, 1.165) is 43.8 Å². The van der Waals surface area contributed by atoms with Crippen molar-refractivity contribution in [1.82, 2.24) is 14.8 Å². The second-order valence-electron chi connectivity index (χ2n) is 5.18. The molecule has 0 atom stereocenters. The molecule has 1 aromatic rings. The molecule has 1 aliphatic carbocycles. The Labute approximate surface area is 101 Å². The van der Waals surface area contributed by atoms with Gasteiger partial charge in [-0.1, -0.05) is 12.8 Å². The predicted octanol–water partition coefficient (Wildman–Crippen LogP) is 1.70. The highest BCUT2D eigenvalue weighted by Crippen LogP contribution is 2.43. The lowest BCUT2D eigenvalue weighted by Crippen LogP contribution is -2.25. The fourth-order valence-electron chi connectivity index (χ4n) is 2.80. The van der Waals surface area contributed by atoms with Crippen LogP contribution in [0.2, 0.25) is 0 Å². The molecule has 5 nitrogen and oxygen atoms in total. The van der Waals surface area contributed by atoms with E-state index >= 15 is 0 Å². The largest absolute Gasteiger partial charge is 0.481 e. The second-order valence-corrected chi connectivity index (χ2v) is 5.18. The number of aromatic nitrogens is 3. The molecule has 1 aliphatic rings. The maximum Gasteiger partial charge on any atom is 0.303 e. The first-order valence-corrected chi connectivity index (χ1v) is 6.09. The van der Waals surface area contributed by atoms with Crippen LogP contribution in [0.25, 0.3) is 0 Å². The summed E-state index contributed by atoms with van der Waals surface area (Å²) in [5, 5.41) is 17.2. The van der Waals surface area contributed by atoms with E-state index in [1.807, 2.05) is 18.5 Å². The van der Waals surface area contributed by atoms with Crippen LogP contribution in [0.1, 0.15) is 43.8 Å². The van der Waals surface area contributed by atoms with Crippen LogP contribution in [0.5, 0.6) is 0 Å². The van der Waals surface area contributed by atoms with Gasteiger partial charge in [0.1, 0.15) is 11.6 Å². The zero-order valence-corrected chi connectivity index (χ0v) is 10.4. The molecule has 0 unspecified atom stereocenters. The number of carboxylic acid groups (broad SMARTS) is 1. The Morgan fingerprint density at radius 1 is 1.41 bits per heavy atom. The third-order valence-corrected chi connectivity index (χ3v) is 3.91. The molecule has 17 heavy (non-hydrogen) atoms. The van der Waals surface area contributed by atoms with Gasteiger partial charge in [-0.05, 0) is 25.2 Å². The van der Waals surface area contributed by atoms with Gasteiger partial charge in [0.05, 0.1) is 6.42 Å². The number of carboxylic acids is 1. The number of hydrogen-bond acceptors (Lipinski definition) is 3. The normalized spacial score (nSPS) is 18.5. The zero-order chi connectivity index (χ0) is 12.5. The van der Waals surface area contributed by atoms with Crippen molar-refractivity contribution < 1.29 is 9.90 Å². The van der Waals surface area contributed by atoms with Gasteiger partial charge in [-0.25, -0.2) is 0 Å². The molecule has 0 spiro atoms. The summed E-state index contributed by atoms with van der Waals surface area (Å²) in [6.07, 6.45) is 5.22. The van der Waals surface area contributed by atoms with Crippen molar-refractivity contribution in [2.24, 2.45) is 12.5 Å². The first-order valence-electron chi connectivity index (χ1n) is 6.09. The summed E-state index contributed by atoms with van der Waals surface area (Å²) in [7, 11) is 1.94. The highest BCUT2D eigenvalue weighted by molar-refractivity contribution is 5.67. The minimum atomic E-state index is -0.703. The van der Waals surface area contributed by atoms with Gasteiger partial charge in [0.25, 0.3) is 0 Å². The summed E-state index contributed by atoms with van der Waals surface area (Å²) in [6.45, 7) is 1.91. The molecule has 0 saturated heterocycles. The molecular weight excluding hydrogens is 218 g/mol. The Hall–Kier alpha value is -1.39. The van der Waals surface area contributed by atoms with Crippen LogP contribution in [-0.4, -0.2) is 25.8 Å². The molecular formula is C12H19N3O2. The van der Waals surface area contributed by atoms with E-state index in [9.17, 15) is 4.79 Å². The Morgan fingerprint density at radius 3 is 2.53 bits per heavy atom. The number of rotatable bonds is 4. The number of aliphatic carboxylic acids is 1. The number of aryl methyl sites for hydroxylation is 1. The van der Waals surface area contributed by atoms with Crippen LogP contribution in [-0.2, 0) is 18.3 Å². The summed E-state index contributed by atoms with van der Waals surface area (Å²) < 4.78 is 1.96. The summed E-state index contributed by atoms with van der Waals surface area (Å²) in [4.78, 5) is 11.0. The molecule has 1 saturated carbocycles. The molecule has 1 N–H and O–H groups in total. The minimum absolute atomic E-state index is 0.0981. The van der Waals surface area contributed by atoms with Crippen LogP contribution in [0.3, 0.4) is 0 Å². The van der Waals surface area contributed by atoms with Gasteiger partial charge in [-0.3, -0.25) is 4.79 Å². The van der Waals surface area contributed by atoms with Crippen molar-refractivity contribution in [3.63, 3.8) is 0 Å². The van der Waals surface area contributed by atoms with Gasteiger partial charge in [-0.2, -0.15) is 0 Å². The van der Waals surface area contributed by atoms with E-state index in [1.165, 1.54) is 0 Å². The van der Waals surface area contributed by atoms with Crippen molar-refractivity contribution in [3.8, 4) is 0 Å². The SMILES string of the molecule is Cc1nnc(CC2(CC(=O)O)CCCC2)n1C. The Bertz CT molecular complexity index is 419. The minimum Gasteiger partial charge on any atom is -0.481 e. The molecule has 0 bridgehead atoms. The van der Waals surface area contributed by atoms with Gasteiger partial charge in [-0.15, -0.1) is 10.2 Å². The molecule has 1 aromatic heterocycles. The average Bonchev–Trinajstić information content (AvgIpc) is 2.80. The van der Waals surface area contributed by atoms with E-state index in [0.29, 0.717) is 0 Å². The van der Waals surface area contributed by atoms with E-state index in [2.05, 4.69) is 10.2 Å². The Morgan fingerprint density at radius 2 is 2.06 bits per heavy atom. The lowest BCUT2D eigenvalue weighted by Gasteiger charge is -2.26. The van der Waals surface area contributed by atoms with Gasteiger partial charge in [0.15, 0.2) is 0 Å². The van der Waals surface area contributed by atoms with Crippen LogP contribution in [0.15, 0.2) is 0 Å². The maximum atomic E-state index is 11.0. The monoisotopic (exact) mass is 237 g/mol. The number of carbonyl (C=O) groups is 1. The standard InChI is InChI=1S/C12H19N3O2/c1-9-13-14-10(15(9)2)7-12(8-11(16)17)5-3-4-6-12/h3-8H2,1-2H3,(H,16,17). The van der Waals surface area contributed by atoms with Gasteiger partial charge < -0.3 is 9.67 Å². The van der Waals surface area contributed by atoms with E-state index in [4.69, 9.17) is 5.11 Å². The van der Waals surface area contributed by atoms with Crippen LogP contribution in [0.4, 0.5) is 0 Å². The summed E-state index contributed by atoms with van der Waals surface area (Å²) in [6, 6.07) is 0. The fraction of sp³-hybridized carbons (Fsp3) is 0.750. The molecule has 94 valence electrons. The van der Waals surface area contributed by atoms with Gasteiger partial charge in [0.2, 0.25) is 0 Å². The van der Waals surface area contributed by atoms with Crippen LogP contribution < -0.4 is 0 Å². The summed E-state index contributed by atoms with van der Waals surface area (Å²) >= 11 is 0. The lowest BCUT2D eigenvalue weighted by atomic mass is 9.79. The summed E-state index contributed by atoms with van der Waals surface area (Å²) in [5.41, 5.74) is -0.0981. The Balaban J connectivity index is 2.18. The highest BCUT2D eigenvalue weighted by atomic mass is 16.4. The quantitative estimate of drug-likeness (QED) is 0.865. The van der Waals surface area contributed by atoms with Crippen molar-refractivity contribution in [3.05, 3.63) is 11.6 Å². The lowest BCUT2D eigenvalue weighted by molar-refractivity contribution is -0.139. The van der Waals surface area contributed by atoms with Crippen molar-refractivity contribution in [1.29, 1.82) is 0 Å². The van der Waals surface area contributed by atoms with Crippen molar-refractivity contribution in [2.75, 3.05) is 0 Å². The zero-order valence-electron chi connectivity index (χ0n) is 10.4. The molecule has 0 aliphatic heterocycles. The molecule has 0 amide bonds. The predicted molar refractivity (Wildman–Crippen MR) is 62.6 cm³/mol. The highest BCUT2D eigenvalue weighted by Gasteiger charge is 2.37. The van der Waals surface area contributed by atoms with Crippen molar-refractivity contribution >= 4 is 5.97 Å². The first kappa shape index (κ1) is 12.1.